The van der Waals surface area contributed by atoms with Crippen molar-refractivity contribution < 1.29 is 33.6 Å². The quantitative estimate of drug-likeness (QED) is 0.0687. The van der Waals surface area contributed by atoms with Crippen LogP contribution in [0.3, 0.4) is 0 Å². The summed E-state index contributed by atoms with van der Waals surface area (Å²) in [5, 5.41) is 0. The van der Waals surface area contributed by atoms with Crippen molar-refractivity contribution in [2.24, 2.45) is 17.8 Å². The predicted molar refractivity (Wildman–Crippen MR) is 137 cm³/mol. The van der Waals surface area contributed by atoms with Crippen LogP contribution in [0.15, 0.2) is 54.8 Å². The molecule has 35 heavy (non-hydrogen) atoms. The number of carbonyl (C=O) groups excluding carboxylic acids is 3. The van der Waals surface area contributed by atoms with Crippen LogP contribution < -0.4 is 4.74 Å². The van der Waals surface area contributed by atoms with E-state index in [1.807, 2.05) is 25.1 Å². The molecule has 9 heteroatoms. The van der Waals surface area contributed by atoms with Crippen LogP contribution in [0, 0.1) is 21.3 Å². The van der Waals surface area contributed by atoms with Gasteiger partial charge in [-0.1, -0.05) is 45.6 Å². The summed E-state index contributed by atoms with van der Waals surface area (Å²) >= 11 is 2.20. The third kappa shape index (κ3) is 5.45. The fourth-order valence-corrected chi connectivity index (χ4v) is 4.93. The van der Waals surface area contributed by atoms with Crippen molar-refractivity contribution >= 4 is 40.4 Å². The van der Waals surface area contributed by atoms with E-state index in [4.69, 9.17) is 19.2 Å². The molecule has 1 saturated heterocycles. The fraction of sp³-hybridized carbons (Fsp3) is 0.423. The van der Waals surface area contributed by atoms with E-state index in [1.54, 1.807) is 6.92 Å². The Morgan fingerprint density at radius 3 is 2.60 bits per heavy atom. The Morgan fingerprint density at radius 2 is 1.94 bits per heavy atom. The Morgan fingerprint density at radius 1 is 1.23 bits per heavy atom. The number of nitrogens with zero attached hydrogens (tertiary/aromatic N) is 1. The normalized spacial score (nSPS) is 21.7. The molecule has 0 saturated carbocycles. The first-order valence-electron chi connectivity index (χ1n) is 11.5. The van der Waals surface area contributed by atoms with Crippen LogP contribution in [0.1, 0.15) is 26.3 Å². The van der Waals surface area contributed by atoms with Gasteiger partial charge in [0.2, 0.25) is 5.91 Å². The van der Waals surface area contributed by atoms with E-state index in [0.29, 0.717) is 11.3 Å². The van der Waals surface area contributed by atoms with Gasteiger partial charge in [0.25, 0.3) is 0 Å². The number of fused-ring (bicyclic) bond motifs is 1. The molecule has 1 fully saturated rings. The van der Waals surface area contributed by atoms with Gasteiger partial charge in [0.15, 0.2) is 0 Å². The lowest BCUT2D eigenvalue weighted by Crippen LogP contribution is -2.63. The number of hydrogen-bond acceptors (Lipinski definition) is 7. The van der Waals surface area contributed by atoms with E-state index in [9.17, 15) is 14.4 Å². The smallest absolute Gasteiger partial charge is 0.355 e. The van der Waals surface area contributed by atoms with Crippen molar-refractivity contribution in [2.75, 3.05) is 19.8 Å². The molecule has 1 aromatic rings. The lowest BCUT2D eigenvalue weighted by atomic mass is 9.74. The second-order valence-electron chi connectivity index (χ2n) is 8.45. The van der Waals surface area contributed by atoms with E-state index in [-0.39, 0.29) is 37.3 Å². The summed E-state index contributed by atoms with van der Waals surface area (Å²) in [5.74, 6) is -2.55. The first-order valence-corrected chi connectivity index (χ1v) is 12.5. The Hall–Kier alpha value is -2.66. The molecule has 3 rings (SSSR count). The average Bonchev–Trinajstić information content (AvgIpc) is 3.10. The Kier molecular flexibility index (Phi) is 9.12. The molecule has 1 aromatic carbocycles. The summed E-state index contributed by atoms with van der Waals surface area (Å²) in [7, 11) is 0. The highest BCUT2D eigenvalue weighted by Gasteiger charge is 2.61. The van der Waals surface area contributed by atoms with E-state index >= 15 is 0 Å². The van der Waals surface area contributed by atoms with Crippen molar-refractivity contribution in [1.82, 2.24) is 4.90 Å². The van der Waals surface area contributed by atoms with Gasteiger partial charge in [0.1, 0.15) is 31.3 Å². The van der Waals surface area contributed by atoms with Crippen LogP contribution in [0.5, 0.6) is 5.75 Å². The van der Waals surface area contributed by atoms with Crippen molar-refractivity contribution in [3.8, 4) is 5.75 Å². The van der Waals surface area contributed by atoms with Gasteiger partial charge in [-0.05, 0) is 46.7 Å². The maximum Gasteiger partial charge on any atom is 0.355 e. The van der Waals surface area contributed by atoms with Crippen molar-refractivity contribution in [3.63, 3.8) is 0 Å². The maximum atomic E-state index is 13.2. The van der Waals surface area contributed by atoms with Crippen LogP contribution in [0.4, 0.5) is 0 Å². The predicted octanol–water partition coefficient (Wildman–Crippen LogP) is 3.99. The molecule has 1 amide bonds. The lowest BCUT2D eigenvalue weighted by molar-refractivity contribution is -0.271. The van der Waals surface area contributed by atoms with E-state index in [1.165, 1.54) is 17.1 Å². The van der Waals surface area contributed by atoms with E-state index in [2.05, 4.69) is 42.7 Å². The van der Waals surface area contributed by atoms with Gasteiger partial charge in [-0.3, -0.25) is 9.68 Å². The summed E-state index contributed by atoms with van der Waals surface area (Å²) in [5.41, 5.74) is 1.96. The minimum absolute atomic E-state index is 0.0147. The van der Waals surface area contributed by atoms with Gasteiger partial charge in [0, 0.05) is 11.5 Å². The zero-order chi connectivity index (χ0) is 25.7. The number of β-lactam (4-membered cyclic amide) rings is 1. The molecule has 0 bridgehead atoms. The number of amides is 1. The highest BCUT2D eigenvalue weighted by molar-refractivity contribution is 14.1. The number of rotatable bonds is 12. The minimum Gasteiger partial charge on any atom is -0.488 e. The summed E-state index contributed by atoms with van der Waals surface area (Å²) in [6.07, 6.45) is 3.77. The molecule has 8 nitrogen and oxygen atoms in total. The van der Waals surface area contributed by atoms with Gasteiger partial charge >= 0.3 is 11.9 Å². The lowest BCUT2D eigenvalue weighted by Gasteiger charge is -2.47. The van der Waals surface area contributed by atoms with Crippen LogP contribution in [0.2, 0.25) is 0 Å². The van der Waals surface area contributed by atoms with E-state index < -0.39 is 29.8 Å². The number of carbonyl (C=O) groups is 3. The SMILES string of the molecule is C=CCOOC(=O)C(C)C1C(=O)N2C(C(=O)OCC=C)=C(COc3cc(CC)ccc3I)[C@H](C)C12. The molecule has 188 valence electrons. The average molecular weight is 595 g/mol. The fourth-order valence-electron chi connectivity index (χ4n) is 4.44. The number of esters is 1. The largest absolute Gasteiger partial charge is 0.488 e. The maximum absolute atomic E-state index is 13.2. The number of ether oxygens (including phenoxy) is 2. The van der Waals surface area contributed by atoms with Gasteiger partial charge in [-0.15, -0.1) is 6.58 Å². The Labute approximate surface area is 219 Å². The first kappa shape index (κ1) is 26.9. The molecule has 0 aromatic heterocycles. The zero-order valence-corrected chi connectivity index (χ0v) is 22.3. The van der Waals surface area contributed by atoms with Crippen LogP contribution in [0.25, 0.3) is 0 Å². The highest BCUT2D eigenvalue weighted by Crippen LogP contribution is 2.49. The van der Waals surface area contributed by atoms with E-state index in [0.717, 1.165) is 15.6 Å². The molecule has 2 aliphatic rings. The summed E-state index contributed by atoms with van der Waals surface area (Å²) in [6, 6.07) is 5.60. The third-order valence-electron chi connectivity index (χ3n) is 6.35. The standard InChI is InChI=1S/C26H30INO7/c1-6-11-32-26(31)23-18(14-33-20-13-17(8-3)9-10-19(20)27)15(4)22-21(24(29)28(22)23)16(5)25(30)35-34-12-7-2/h6-7,9-10,13,15-16,21-22H,1-2,8,11-12,14H2,3-5H3/t15-,16?,21?,22?/m0/s1. The topological polar surface area (TPSA) is 91.4 Å². The minimum atomic E-state index is -0.760. The number of halogens is 1. The van der Waals surface area contributed by atoms with Gasteiger partial charge in [-0.2, -0.15) is 4.89 Å². The summed E-state index contributed by atoms with van der Waals surface area (Å²) in [6.45, 7) is 12.8. The molecule has 4 atom stereocenters. The zero-order valence-electron chi connectivity index (χ0n) is 20.1. The molecule has 0 aliphatic carbocycles. The first-order chi connectivity index (χ1) is 16.8. The molecule has 2 heterocycles. The van der Waals surface area contributed by atoms with Crippen LogP contribution in [-0.2, 0) is 35.3 Å². The number of hydrogen-bond donors (Lipinski definition) is 0. The van der Waals surface area contributed by atoms with Crippen molar-refractivity contribution in [1.29, 1.82) is 0 Å². The van der Waals surface area contributed by atoms with Crippen molar-refractivity contribution in [3.05, 3.63) is 63.9 Å². The number of benzene rings is 1. The van der Waals surface area contributed by atoms with Gasteiger partial charge < -0.3 is 14.4 Å². The molecule has 0 N–H and O–H groups in total. The van der Waals surface area contributed by atoms with Crippen LogP contribution >= 0.6 is 22.6 Å². The Bertz CT molecular complexity index is 1050. The monoisotopic (exact) mass is 595 g/mol. The van der Waals surface area contributed by atoms with Crippen LogP contribution in [-0.4, -0.2) is 48.6 Å². The molecule has 0 radical (unpaired) electrons. The molecular weight excluding hydrogens is 565 g/mol. The van der Waals surface area contributed by atoms with Gasteiger partial charge in [0.05, 0.1) is 21.4 Å². The second kappa shape index (κ2) is 11.9. The summed E-state index contributed by atoms with van der Waals surface area (Å²) in [4.78, 5) is 49.6. The summed E-state index contributed by atoms with van der Waals surface area (Å²) < 4.78 is 12.4. The third-order valence-corrected chi connectivity index (χ3v) is 7.24. The molecule has 2 aliphatic heterocycles. The number of aryl methyl sites for hydroxylation is 1. The van der Waals surface area contributed by atoms with Crippen molar-refractivity contribution in [2.45, 2.75) is 33.2 Å². The molecule has 3 unspecified atom stereocenters. The highest BCUT2D eigenvalue weighted by atomic mass is 127. The molecule has 0 spiro atoms. The molecular formula is C26H30INO7. The van der Waals surface area contributed by atoms with Gasteiger partial charge in [-0.25, -0.2) is 9.59 Å². The Balaban J connectivity index is 1.85. The second-order valence-corrected chi connectivity index (χ2v) is 9.61.